The highest BCUT2D eigenvalue weighted by atomic mass is 19.4. The molecular weight excluding hydrogens is 835 g/mol. The van der Waals surface area contributed by atoms with E-state index >= 15 is 8.78 Å². The number of aromatic nitrogens is 3. The summed E-state index contributed by atoms with van der Waals surface area (Å²) in [7, 11) is 0. The molecule has 0 amide bonds. The average molecular weight is 883 g/mol. The van der Waals surface area contributed by atoms with Crippen LogP contribution in [0.25, 0.3) is 32.9 Å². The molecule has 0 saturated carbocycles. The van der Waals surface area contributed by atoms with Crippen molar-refractivity contribution < 1.29 is 49.8 Å². The van der Waals surface area contributed by atoms with Crippen LogP contribution in [0.1, 0.15) is 94.8 Å². The third-order valence-corrected chi connectivity index (χ3v) is 14.0. The number of fused-ring (bicyclic) bond motifs is 7. The summed E-state index contributed by atoms with van der Waals surface area (Å²) in [5, 5.41) is 10.6. The number of phenols is 1. The quantitative estimate of drug-likeness (QED) is 0.0949. The second-order valence-corrected chi connectivity index (χ2v) is 17.8. The van der Waals surface area contributed by atoms with Crippen molar-refractivity contribution in [1.82, 2.24) is 24.8 Å². The molecular formula is C45H48F6N6O6. The highest BCUT2D eigenvalue weighted by Crippen LogP contribution is 2.47. The lowest BCUT2D eigenvalue weighted by molar-refractivity contribution is -0.275. The Bertz CT molecular complexity index is 2620. The summed E-state index contributed by atoms with van der Waals surface area (Å²) in [6.45, 7) is 4.06. The molecule has 5 aromatic rings. The molecule has 0 aliphatic carbocycles. The van der Waals surface area contributed by atoms with Crippen LogP contribution in [-0.2, 0) is 19.4 Å². The predicted molar refractivity (Wildman–Crippen MR) is 219 cm³/mol. The Hall–Kier alpha value is -5.10. The average Bonchev–Trinajstić information content (AvgIpc) is 3.96. The van der Waals surface area contributed by atoms with E-state index in [2.05, 4.69) is 31.3 Å². The summed E-state index contributed by atoms with van der Waals surface area (Å²) >= 11 is 0. The van der Waals surface area contributed by atoms with E-state index in [1.54, 1.807) is 0 Å². The van der Waals surface area contributed by atoms with Crippen molar-refractivity contribution in [1.29, 1.82) is 0 Å². The number of benzene rings is 2. The fourth-order valence-electron chi connectivity index (χ4n) is 11.3. The molecule has 4 saturated heterocycles. The third kappa shape index (κ3) is 7.63. The number of rotatable bonds is 12. The van der Waals surface area contributed by atoms with Gasteiger partial charge in [0.2, 0.25) is 0 Å². The van der Waals surface area contributed by atoms with Crippen molar-refractivity contribution in [2.45, 2.75) is 133 Å². The number of hydrogen-bond acceptors (Lipinski definition) is 12. The van der Waals surface area contributed by atoms with Crippen molar-refractivity contribution in [2.75, 3.05) is 31.1 Å². The Morgan fingerprint density at radius 2 is 1.81 bits per heavy atom. The summed E-state index contributed by atoms with van der Waals surface area (Å²) in [6.07, 6.45) is 3.39. The van der Waals surface area contributed by atoms with Gasteiger partial charge < -0.3 is 28.3 Å². The summed E-state index contributed by atoms with van der Waals surface area (Å²) in [5.41, 5.74) is -1.21. The number of anilines is 1. The molecule has 336 valence electrons. The zero-order valence-electron chi connectivity index (χ0n) is 34.8. The van der Waals surface area contributed by atoms with E-state index in [1.165, 1.54) is 6.07 Å². The Kier molecular flexibility index (Phi) is 10.7. The first-order valence-corrected chi connectivity index (χ1v) is 22.1. The first-order valence-electron chi connectivity index (χ1n) is 22.1. The topological polar surface area (TPSA) is 130 Å². The van der Waals surface area contributed by atoms with Crippen molar-refractivity contribution in [3.63, 3.8) is 0 Å². The summed E-state index contributed by atoms with van der Waals surface area (Å²) in [4.78, 5) is 33.4. The van der Waals surface area contributed by atoms with Gasteiger partial charge in [0.1, 0.15) is 35.6 Å². The van der Waals surface area contributed by atoms with Crippen LogP contribution in [0, 0.1) is 11.6 Å². The van der Waals surface area contributed by atoms with Gasteiger partial charge in [-0.1, -0.05) is 32.3 Å². The van der Waals surface area contributed by atoms with Crippen molar-refractivity contribution in [3.05, 3.63) is 63.7 Å². The van der Waals surface area contributed by atoms with E-state index in [1.807, 2.05) is 0 Å². The molecule has 0 radical (unpaired) electrons. The highest BCUT2D eigenvalue weighted by Gasteiger charge is 2.51. The van der Waals surface area contributed by atoms with Gasteiger partial charge >= 0.3 is 18.2 Å². The fraction of sp³-hybridized carbons (Fsp3) is 0.556. The largest absolute Gasteiger partial charge is 0.573 e. The van der Waals surface area contributed by atoms with Crippen molar-refractivity contribution in [2.24, 2.45) is 0 Å². The molecule has 0 spiro atoms. The standard InChI is InChI=1S/C45H48F6N6O6/c1-2-3-4-5-10-33-34(62-43(59)61-33)22-56-26-12-14-32(56)31-9-6-8-30-36-39(53-42(54-41(36)57(31)21-26)60-23-44-15-7-16-55(44)20-25(46)19-44)37(48)38(52-30)28-18-27(58)17-24-11-13-29(47)40(35(24)28)63-45(49,50)51/h11,13,17-18,25-26,31-32,58H,2-10,12,14-16,19-23H2,1H3/t25-,26-,31-,32+,44+/m1/s1. The van der Waals surface area contributed by atoms with Crippen LogP contribution in [0.2, 0.25) is 0 Å². The monoisotopic (exact) mass is 882 g/mol. The molecule has 4 fully saturated rings. The molecule has 63 heavy (non-hydrogen) atoms. The van der Waals surface area contributed by atoms with Crippen molar-refractivity contribution >= 4 is 27.5 Å². The van der Waals surface area contributed by atoms with Gasteiger partial charge in [0, 0.05) is 55.0 Å². The molecule has 10 rings (SSSR count). The molecule has 3 aromatic heterocycles. The van der Waals surface area contributed by atoms with Gasteiger partial charge in [-0.25, -0.2) is 22.9 Å². The van der Waals surface area contributed by atoms with Gasteiger partial charge in [-0.15, -0.1) is 13.2 Å². The minimum atomic E-state index is -5.30. The summed E-state index contributed by atoms with van der Waals surface area (Å²) in [5.74, 6) is -3.23. The molecule has 12 nitrogen and oxygen atoms in total. The van der Waals surface area contributed by atoms with E-state index < -0.39 is 58.1 Å². The molecule has 2 bridgehead atoms. The Morgan fingerprint density at radius 3 is 2.63 bits per heavy atom. The zero-order valence-corrected chi connectivity index (χ0v) is 34.8. The van der Waals surface area contributed by atoms with Crippen LogP contribution in [0.5, 0.6) is 17.5 Å². The lowest BCUT2D eigenvalue weighted by atomic mass is 9.92. The highest BCUT2D eigenvalue weighted by molar-refractivity contribution is 6.04. The van der Waals surface area contributed by atoms with Crippen LogP contribution >= 0.6 is 0 Å². The second-order valence-electron chi connectivity index (χ2n) is 17.8. The van der Waals surface area contributed by atoms with Gasteiger partial charge in [0.15, 0.2) is 28.9 Å². The second kappa shape index (κ2) is 16.2. The van der Waals surface area contributed by atoms with Crippen LogP contribution in [0.4, 0.5) is 32.2 Å². The third-order valence-electron chi connectivity index (χ3n) is 14.0. The van der Waals surface area contributed by atoms with Gasteiger partial charge in [0.25, 0.3) is 0 Å². The van der Waals surface area contributed by atoms with Gasteiger partial charge in [-0.3, -0.25) is 9.80 Å². The lowest BCUT2D eigenvalue weighted by Crippen LogP contribution is -2.60. The number of pyridine rings is 1. The molecule has 8 heterocycles. The number of hydrogen-bond donors (Lipinski definition) is 1. The Labute approximate surface area is 358 Å². The fourth-order valence-corrected chi connectivity index (χ4v) is 11.3. The number of alkyl halides is 4. The molecule has 5 aliphatic rings. The van der Waals surface area contributed by atoms with E-state index in [0.29, 0.717) is 73.6 Å². The lowest BCUT2D eigenvalue weighted by Gasteiger charge is -2.48. The van der Waals surface area contributed by atoms with E-state index in [-0.39, 0.29) is 60.2 Å². The maximum atomic E-state index is 17.6. The maximum absolute atomic E-state index is 17.6. The normalized spacial score (nSPS) is 24.8. The minimum absolute atomic E-state index is 0.00331. The molecule has 2 aromatic carbocycles. The number of piperazine rings is 1. The minimum Gasteiger partial charge on any atom is -0.508 e. The molecule has 18 heteroatoms. The first kappa shape index (κ1) is 41.9. The number of aromatic hydroxyl groups is 1. The van der Waals surface area contributed by atoms with Gasteiger partial charge in [-0.05, 0) is 81.5 Å². The van der Waals surface area contributed by atoms with Gasteiger partial charge in [0.05, 0.1) is 23.2 Å². The number of nitrogens with zero attached hydrogens (tertiary/aromatic N) is 6. The summed E-state index contributed by atoms with van der Waals surface area (Å²) < 4.78 is 111. The van der Waals surface area contributed by atoms with Crippen LogP contribution in [0.15, 0.2) is 37.9 Å². The number of unbranched alkanes of at least 4 members (excludes halogenated alkanes) is 3. The summed E-state index contributed by atoms with van der Waals surface area (Å²) in [6, 6.07) is 3.81. The zero-order chi connectivity index (χ0) is 43.8. The first-order chi connectivity index (χ1) is 30.3. The van der Waals surface area contributed by atoms with Gasteiger partial charge in [-0.2, -0.15) is 9.97 Å². The predicted octanol–water partition coefficient (Wildman–Crippen LogP) is 8.91. The van der Waals surface area contributed by atoms with E-state index in [9.17, 15) is 27.5 Å². The molecule has 1 N–H and O–H groups in total. The van der Waals surface area contributed by atoms with Crippen LogP contribution < -0.4 is 20.2 Å². The Balaban J connectivity index is 1.09. The number of halogens is 6. The van der Waals surface area contributed by atoms with E-state index in [0.717, 1.165) is 69.7 Å². The smallest absolute Gasteiger partial charge is 0.508 e. The molecule has 5 aliphatic heterocycles. The SMILES string of the molecule is CCCCCCc1oc(=O)oc1CN1[C@@H]2CC[C@H]1[C@H]1CCCc3nc(-c4cc(O)cc5ccc(F)c(OC(F)(F)F)c45)c(F)c4nc(OC[C@@]56CCCN5C[C@H](F)C6)nc(c34)N1C2. The number of phenolic OH excluding ortho intramolecular Hbond substituents is 1. The Morgan fingerprint density at radius 1 is 0.968 bits per heavy atom. The number of aryl methyl sites for hydroxylation is 2. The van der Waals surface area contributed by atoms with Crippen LogP contribution in [-0.4, -0.2) is 92.3 Å². The van der Waals surface area contributed by atoms with E-state index in [4.69, 9.17) is 23.5 Å². The molecule has 0 unspecified atom stereocenters. The number of ether oxygens (including phenoxy) is 2. The van der Waals surface area contributed by atoms with Crippen LogP contribution in [0.3, 0.4) is 0 Å². The van der Waals surface area contributed by atoms with Crippen molar-refractivity contribution in [3.8, 4) is 28.8 Å². The maximum Gasteiger partial charge on any atom is 0.573 e. The molecule has 5 atom stereocenters.